The van der Waals surface area contributed by atoms with Gasteiger partial charge in [0.15, 0.2) is 0 Å². The summed E-state index contributed by atoms with van der Waals surface area (Å²) >= 11 is 1.60. The van der Waals surface area contributed by atoms with Crippen molar-refractivity contribution >= 4 is 17.7 Å². The van der Waals surface area contributed by atoms with Gasteiger partial charge in [-0.15, -0.1) is 11.8 Å². The van der Waals surface area contributed by atoms with E-state index in [0.717, 1.165) is 16.9 Å². The molecule has 0 bridgehead atoms. The number of allylic oxidation sites excluding steroid dienone is 1. The maximum absolute atomic E-state index is 12.2. The fourth-order valence-electron chi connectivity index (χ4n) is 2.41. The fourth-order valence-corrected chi connectivity index (χ4v) is 4.01. The standard InChI is InChI=1S/C16H20O2S/c1-11(2)15(4)10-16(15,14(17)18-5)19-13-8-6-12(3)7-9-13/h6-9H,1,10H2,2-5H3. The van der Waals surface area contributed by atoms with Gasteiger partial charge in [0.2, 0.25) is 0 Å². The van der Waals surface area contributed by atoms with Gasteiger partial charge < -0.3 is 4.74 Å². The molecule has 1 aliphatic rings. The molecule has 0 spiro atoms. The first-order valence-corrected chi connectivity index (χ1v) is 7.17. The summed E-state index contributed by atoms with van der Waals surface area (Å²) in [5, 5.41) is 0. The van der Waals surface area contributed by atoms with Crippen LogP contribution in [0.25, 0.3) is 0 Å². The zero-order valence-corrected chi connectivity index (χ0v) is 12.8. The SMILES string of the molecule is C=C(C)C1(C)CC1(Sc1ccc(C)cc1)C(=O)OC. The van der Waals surface area contributed by atoms with Gasteiger partial charge in [0.1, 0.15) is 4.75 Å². The second-order valence-corrected chi connectivity index (χ2v) is 6.90. The van der Waals surface area contributed by atoms with Crippen molar-refractivity contribution in [3.63, 3.8) is 0 Å². The molecule has 2 unspecified atom stereocenters. The molecule has 2 atom stereocenters. The lowest BCUT2D eigenvalue weighted by Gasteiger charge is -2.20. The van der Waals surface area contributed by atoms with Crippen LogP contribution in [0.15, 0.2) is 41.3 Å². The highest BCUT2D eigenvalue weighted by molar-refractivity contribution is 8.01. The van der Waals surface area contributed by atoms with E-state index in [0.29, 0.717) is 0 Å². The maximum Gasteiger partial charge on any atom is 0.323 e. The van der Waals surface area contributed by atoms with Gasteiger partial charge in [0, 0.05) is 10.3 Å². The monoisotopic (exact) mass is 276 g/mol. The van der Waals surface area contributed by atoms with Gasteiger partial charge >= 0.3 is 5.97 Å². The highest BCUT2D eigenvalue weighted by Crippen LogP contribution is 2.69. The minimum Gasteiger partial charge on any atom is -0.468 e. The van der Waals surface area contributed by atoms with Crippen LogP contribution in [0, 0.1) is 12.3 Å². The molecular weight excluding hydrogens is 256 g/mol. The zero-order chi connectivity index (χ0) is 14.3. The van der Waals surface area contributed by atoms with Crippen molar-refractivity contribution in [3.05, 3.63) is 42.0 Å². The van der Waals surface area contributed by atoms with E-state index in [9.17, 15) is 4.79 Å². The Morgan fingerprint density at radius 1 is 1.37 bits per heavy atom. The number of ether oxygens (including phenoxy) is 1. The topological polar surface area (TPSA) is 26.3 Å². The van der Waals surface area contributed by atoms with E-state index in [2.05, 4.69) is 44.7 Å². The van der Waals surface area contributed by atoms with E-state index >= 15 is 0 Å². The third kappa shape index (κ3) is 2.20. The summed E-state index contributed by atoms with van der Waals surface area (Å²) in [6, 6.07) is 8.24. The zero-order valence-electron chi connectivity index (χ0n) is 11.9. The Kier molecular flexibility index (Phi) is 3.52. The molecular formula is C16H20O2S. The number of hydrogen-bond donors (Lipinski definition) is 0. The van der Waals surface area contributed by atoms with Crippen molar-refractivity contribution < 1.29 is 9.53 Å². The Hall–Kier alpha value is -1.22. The third-order valence-electron chi connectivity index (χ3n) is 4.14. The van der Waals surface area contributed by atoms with Gasteiger partial charge in [-0.05, 0) is 32.4 Å². The van der Waals surface area contributed by atoms with Crippen LogP contribution in [0.4, 0.5) is 0 Å². The second-order valence-electron chi connectivity index (χ2n) is 5.52. The van der Waals surface area contributed by atoms with Crippen molar-refractivity contribution in [3.8, 4) is 0 Å². The average Bonchev–Trinajstić information content (AvgIpc) is 2.99. The lowest BCUT2D eigenvalue weighted by Crippen LogP contribution is -2.27. The molecule has 0 amide bonds. The first kappa shape index (κ1) is 14.2. The molecule has 1 aromatic rings. The molecule has 0 saturated heterocycles. The minimum atomic E-state index is -0.511. The quantitative estimate of drug-likeness (QED) is 0.614. The van der Waals surface area contributed by atoms with Crippen molar-refractivity contribution in [1.82, 2.24) is 0 Å². The molecule has 1 aliphatic carbocycles. The molecule has 0 heterocycles. The molecule has 0 radical (unpaired) electrons. The normalized spacial score (nSPS) is 28.8. The van der Waals surface area contributed by atoms with E-state index in [-0.39, 0.29) is 11.4 Å². The van der Waals surface area contributed by atoms with Crippen LogP contribution in [0.2, 0.25) is 0 Å². The lowest BCUT2D eigenvalue weighted by atomic mass is 9.98. The van der Waals surface area contributed by atoms with E-state index in [4.69, 9.17) is 4.74 Å². The number of rotatable bonds is 4. The number of aryl methyl sites for hydroxylation is 1. The van der Waals surface area contributed by atoms with E-state index in [1.165, 1.54) is 12.7 Å². The number of methoxy groups -OCH3 is 1. The van der Waals surface area contributed by atoms with Gasteiger partial charge in [-0.25, -0.2) is 0 Å². The third-order valence-corrected chi connectivity index (χ3v) is 5.76. The van der Waals surface area contributed by atoms with E-state index in [1.54, 1.807) is 11.8 Å². The smallest absolute Gasteiger partial charge is 0.323 e. The van der Waals surface area contributed by atoms with Crippen LogP contribution in [0.3, 0.4) is 0 Å². The highest BCUT2D eigenvalue weighted by atomic mass is 32.2. The first-order valence-electron chi connectivity index (χ1n) is 6.36. The van der Waals surface area contributed by atoms with Gasteiger partial charge in [-0.2, -0.15) is 0 Å². The van der Waals surface area contributed by atoms with Crippen molar-refractivity contribution in [2.45, 2.75) is 36.8 Å². The Labute approximate surface area is 119 Å². The van der Waals surface area contributed by atoms with Crippen molar-refractivity contribution in [2.24, 2.45) is 5.41 Å². The number of thioether (sulfide) groups is 1. The maximum atomic E-state index is 12.2. The Bertz CT molecular complexity index is 520. The molecule has 0 aliphatic heterocycles. The van der Waals surface area contributed by atoms with Gasteiger partial charge in [-0.1, -0.05) is 36.8 Å². The summed E-state index contributed by atoms with van der Waals surface area (Å²) in [5.74, 6) is -0.149. The summed E-state index contributed by atoms with van der Waals surface area (Å²) in [6.45, 7) is 10.2. The number of esters is 1. The van der Waals surface area contributed by atoms with Crippen LogP contribution in [0.5, 0.6) is 0 Å². The summed E-state index contributed by atoms with van der Waals surface area (Å²) in [6.07, 6.45) is 0.792. The van der Waals surface area contributed by atoms with Crippen LogP contribution < -0.4 is 0 Å². The second kappa shape index (κ2) is 4.71. The van der Waals surface area contributed by atoms with Crippen molar-refractivity contribution in [1.29, 1.82) is 0 Å². The summed E-state index contributed by atoms with van der Waals surface area (Å²) in [7, 11) is 1.46. The van der Waals surface area contributed by atoms with Gasteiger partial charge in [0.25, 0.3) is 0 Å². The lowest BCUT2D eigenvalue weighted by molar-refractivity contribution is -0.141. The number of benzene rings is 1. The van der Waals surface area contributed by atoms with Crippen LogP contribution in [-0.2, 0) is 9.53 Å². The Balaban J connectivity index is 2.30. The van der Waals surface area contributed by atoms with E-state index in [1.807, 2.05) is 6.92 Å². The largest absolute Gasteiger partial charge is 0.468 e. The first-order chi connectivity index (χ1) is 8.85. The van der Waals surface area contributed by atoms with Gasteiger partial charge in [-0.3, -0.25) is 4.79 Å². The molecule has 3 heteroatoms. The Morgan fingerprint density at radius 3 is 2.37 bits per heavy atom. The Morgan fingerprint density at radius 2 is 1.95 bits per heavy atom. The summed E-state index contributed by atoms with van der Waals surface area (Å²) < 4.78 is 4.51. The highest BCUT2D eigenvalue weighted by Gasteiger charge is 2.71. The minimum absolute atomic E-state index is 0.149. The van der Waals surface area contributed by atoms with Gasteiger partial charge in [0.05, 0.1) is 7.11 Å². The van der Waals surface area contributed by atoms with E-state index < -0.39 is 4.75 Å². The molecule has 1 aromatic carbocycles. The van der Waals surface area contributed by atoms with Crippen LogP contribution >= 0.6 is 11.8 Å². The summed E-state index contributed by atoms with van der Waals surface area (Å²) in [5.41, 5.74) is 2.09. The van der Waals surface area contributed by atoms with Crippen molar-refractivity contribution in [2.75, 3.05) is 7.11 Å². The molecule has 1 fully saturated rings. The fraction of sp³-hybridized carbons (Fsp3) is 0.438. The van der Waals surface area contributed by atoms with Crippen LogP contribution in [0.1, 0.15) is 25.8 Å². The molecule has 2 nitrogen and oxygen atoms in total. The predicted octanol–water partition coefficient (Wildman–Crippen LogP) is 3.99. The average molecular weight is 276 g/mol. The number of hydrogen-bond acceptors (Lipinski definition) is 3. The van der Waals surface area contributed by atoms with Crippen LogP contribution in [-0.4, -0.2) is 17.8 Å². The molecule has 0 N–H and O–H groups in total. The number of carbonyl (C=O) groups excluding carboxylic acids is 1. The predicted molar refractivity (Wildman–Crippen MR) is 79.3 cm³/mol. The molecule has 19 heavy (non-hydrogen) atoms. The summed E-state index contributed by atoms with van der Waals surface area (Å²) in [4.78, 5) is 13.3. The number of carbonyl (C=O) groups is 1. The molecule has 102 valence electrons. The molecule has 2 rings (SSSR count). The molecule has 1 saturated carbocycles. The molecule has 0 aromatic heterocycles.